The fourth-order valence-electron chi connectivity index (χ4n) is 6.18. The number of para-hydroxylation sites is 1. The Morgan fingerprint density at radius 3 is 2.24 bits per heavy atom. The average molecular weight is 666 g/mol. The number of hydrogen-bond donors (Lipinski definition) is 3. The van der Waals surface area contributed by atoms with Crippen molar-refractivity contribution in [1.82, 2.24) is 20.0 Å². The zero-order valence-corrected chi connectivity index (χ0v) is 28.6. The molecule has 1 amide bonds. The summed E-state index contributed by atoms with van der Waals surface area (Å²) in [4.78, 5) is 31.2. The van der Waals surface area contributed by atoms with Gasteiger partial charge in [0.05, 0.1) is 23.9 Å². The minimum atomic E-state index is -1.72. The number of rotatable bonds is 16. The maximum Gasteiger partial charge on any atom is 0.475 e. The fraction of sp³-hybridized carbons (Fsp3) is 0.395. The molecule has 1 aliphatic heterocycles. The lowest BCUT2D eigenvalue weighted by Crippen LogP contribution is -2.47. The molecule has 0 radical (unpaired) electrons. The van der Waals surface area contributed by atoms with Gasteiger partial charge in [0.15, 0.2) is 0 Å². The molecule has 3 aromatic carbocycles. The molecule has 258 valence electrons. The van der Waals surface area contributed by atoms with Crippen molar-refractivity contribution in [3.8, 4) is 28.3 Å². The van der Waals surface area contributed by atoms with E-state index in [9.17, 15) is 19.6 Å². The summed E-state index contributed by atoms with van der Waals surface area (Å²) in [6.07, 6.45) is 3.07. The minimum Gasteiger partial charge on any atom is -0.494 e. The molecular formula is C38H48BN5O5. The molecule has 0 bridgehead atoms. The average Bonchev–Trinajstić information content (AvgIpc) is 3.57. The number of anilines is 1. The van der Waals surface area contributed by atoms with Crippen molar-refractivity contribution in [2.45, 2.75) is 51.9 Å². The second-order valence-corrected chi connectivity index (χ2v) is 13.1. The van der Waals surface area contributed by atoms with Gasteiger partial charge in [-0.15, -0.1) is 0 Å². The van der Waals surface area contributed by atoms with Gasteiger partial charge in [-0.05, 0) is 68.5 Å². The van der Waals surface area contributed by atoms with Crippen LogP contribution >= 0.6 is 0 Å². The number of benzene rings is 3. The van der Waals surface area contributed by atoms with Gasteiger partial charge in [0.2, 0.25) is 5.91 Å². The van der Waals surface area contributed by atoms with Crippen LogP contribution in [0.2, 0.25) is 0 Å². The maximum absolute atomic E-state index is 13.4. The van der Waals surface area contributed by atoms with Crippen LogP contribution in [0.15, 0.2) is 91.0 Å². The van der Waals surface area contributed by atoms with Gasteiger partial charge in [-0.2, -0.15) is 9.78 Å². The molecule has 4 aromatic rings. The zero-order valence-electron chi connectivity index (χ0n) is 28.6. The van der Waals surface area contributed by atoms with Gasteiger partial charge in [0.25, 0.3) is 5.91 Å². The van der Waals surface area contributed by atoms with Crippen LogP contribution in [-0.2, 0) is 4.79 Å². The number of aromatic nitrogens is 2. The maximum atomic E-state index is 13.4. The number of amides is 1. The van der Waals surface area contributed by atoms with E-state index in [1.165, 1.54) is 10.4 Å². The SMILES string of the molecule is CC(C)C[C@H](NC(=O)CC(=O)n1nc(-c2cccc(OCCCCCN3CCN(c4ccccc4)CC3)c2)cc1-c1ccccc1)B(O)O. The van der Waals surface area contributed by atoms with Gasteiger partial charge in [-0.25, -0.2) is 0 Å². The Labute approximate surface area is 289 Å². The second-order valence-electron chi connectivity index (χ2n) is 13.1. The first-order valence-corrected chi connectivity index (χ1v) is 17.4. The van der Waals surface area contributed by atoms with Gasteiger partial charge >= 0.3 is 7.12 Å². The highest BCUT2D eigenvalue weighted by molar-refractivity contribution is 6.43. The van der Waals surface area contributed by atoms with E-state index in [2.05, 4.69) is 50.5 Å². The number of hydrogen-bond acceptors (Lipinski definition) is 8. The number of carbonyl (C=O) groups excluding carboxylic acids is 2. The third kappa shape index (κ3) is 10.5. The molecule has 0 saturated carbocycles. The topological polar surface area (TPSA) is 120 Å². The lowest BCUT2D eigenvalue weighted by molar-refractivity contribution is -0.120. The van der Waals surface area contributed by atoms with Crippen molar-refractivity contribution in [2.24, 2.45) is 5.92 Å². The molecule has 1 fully saturated rings. The van der Waals surface area contributed by atoms with Gasteiger partial charge in [-0.3, -0.25) is 14.5 Å². The van der Waals surface area contributed by atoms with Crippen LogP contribution in [0.1, 0.15) is 50.7 Å². The quantitative estimate of drug-likeness (QED) is 0.0854. The Hall–Kier alpha value is -4.45. The molecule has 2 heterocycles. The van der Waals surface area contributed by atoms with Gasteiger partial charge in [0, 0.05) is 43.0 Å². The van der Waals surface area contributed by atoms with Crippen LogP contribution in [0.25, 0.3) is 22.5 Å². The standard InChI is InChI=1S/C38H48BN5O5/c1-29(2)25-36(39(47)48)40-37(45)28-38(46)44-35(30-13-6-3-7-14-30)27-34(41-44)31-15-12-18-33(26-31)49-24-11-5-10-19-42-20-22-43(23-21-42)32-16-8-4-9-17-32/h3-4,6-9,12-18,26-27,29,36,47-48H,5,10-11,19-25,28H2,1-2H3,(H,40,45)/t36-/m0/s1. The summed E-state index contributed by atoms with van der Waals surface area (Å²) < 4.78 is 7.37. The number of nitrogens with one attached hydrogen (secondary N) is 1. The minimum absolute atomic E-state index is 0.123. The van der Waals surface area contributed by atoms with Crippen molar-refractivity contribution >= 4 is 24.6 Å². The third-order valence-electron chi connectivity index (χ3n) is 8.77. The van der Waals surface area contributed by atoms with E-state index < -0.39 is 31.3 Å². The van der Waals surface area contributed by atoms with E-state index >= 15 is 0 Å². The summed E-state index contributed by atoms with van der Waals surface area (Å²) in [5.74, 6) is -1.14. The molecular weight excluding hydrogens is 617 g/mol. The molecule has 1 aliphatic rings. The highest BCUT2D eigenvalue weighted by Crippen LogP contribution is 2.29. The summed E-state index contributed by atoms with van der Waals surface area (Å²) in [6.45, 7) is 9.85. The molecule has 0 aliphatic carbocycles. The molecule has 0 spiro atoms. The molecule has 10 nitrogen and oxygen atoms in total. The van der Waals surface area contributed by atoms with Crippen LogP contribution < -0.4 is 15.0 Å². The number of piperazine rings is 1. The van der Waals surface area contributed by atoms with Crippen molar-refractivity contribution in [2.75, 3.05) is 44.2 Å². The molecule has 0 unspecified atom stereocenters. The molecule has 49 heavy (non-hydrogen) atoms. The fourth-order valence-corrected chi connectivity index (χ4v) is 6.18. The highest BCUT2D eigenvalue weighted by atomic mass is 16.5. The van der Waals surface area contributed by atoms with Gasteiger partial charge in [0.1, 0.15) is 12.2 Å². The zero-order chi connectivity index (χ0) is 34.6. The van der Waals surface area contributed by atoms with Gasteiger partial charge in [-0.1, -0.05) is 74.5 Å². The molecule has 5 rings (SSSR count). The normalized spacial score (nSPS) is 14.1. The summed E-state index contributed by atoms with van der Waals surface area (Å²) in [5.41, 5.74) is 4.01. The van der Waals surface area contributed by atoms with Crippen LogP contribution in [0.3, 0.4) is 0 Å². The number of carbonyl (C=O) groups is 2. The summed E-state index contributed by atoms with van der Waals surface area (Å²) >= 11 is 0. The van der Waals surface area contributed by atoms with Crippen molar-refractivity contribution in [3.05, 3.63) is 91.0 Å². The van der Waals surface area contributed by atoms with E-state index in [0.717, 1.165) is 68.9 Å². The summed E-state index contributed by atoms with van der Waals surface area (Å²) in [5, 5.41) is 26.6. The largest absolute Gasteiger partial charge is 0.494 e. The number of unbranched alkanes of at least 4 members (excludes halogenated alkanes) is 2. The van der Waals surface area contributed by atoms with Crippen LogP contribution in [-0.4, -0.2) is 88.9 Å². The van der Waals surface area contributed by atoms with Crippen LogP contribution in [0.4, 0.5) is 5.69 Å². The Morgan fingerprint density at radius 1 is 0.857 bits per heavy atom. The molecule has 1 atom stereocenters. The lowest BCUT2D eigenvalue weighted by Gasteiger charge is -2.36. The Balaban J connectivity index is 1.14. The highest BCUT2D eigenvalue weighted by Gasteiger charge is 2.28. The van der Waals surface area contributed by atoms with Crippen LogP contribution in [0.5, 0.6) is 5.75 Å². The smallest absolute Gasteiger partial charge is 0.475 e. The van der Waals surface area contributed by atoms with Crippen molar-refractivity contribution < 1.29 is 24.4 Å². The van der Waals surface area contributed by atoms with E-state index in [1.54, 1.807) is 0 Å². The summed E-state index contributed by atoms with van der Waals surface area (Å²) in [7, 11) is -1.72. The van der Waals surface area contributed by atoms with Crippen molar-refractivity contribution in [1.29, 1.82) is 0 Å². The Morgan fingerprint density at radius 2 is 1.55 bits per heavy atom. The first-order chi connectivity index (χ1) is 23.8. The number of ether oxygens (including phenoxy) is 1. The van der Waals surface area contributed by atoms with E-state index in [4.69, 9.17) is 4.74 Å². The lowest BCUT2D eigenvalue weighted by atomic mass is 9.75. The monoisotopic (exact) mass is 665 g/mol. The van der Waals surface area contributed by atoms with E-state index in [0.29, 0.717) is 24.4 Å². The predicted molar refractivity (Wildman–Crippen MR) is 194 cm³/mol. The summed E-state index contributed by atoms with van der Waals surface area (Å²) in [6, 6.07) is 29.5. The Bertz CT molecular complexity index is 1620. The third-order valence-corrected chi connectivity index (χ3v) is 8.77. The van der Waals surface area contributed by atoms with E-state index in [-0.39, 0.29) is 5.92 Å². The molecule has 1 aromatic heterocycles. The first kappa shape index (κ1) is 35.9. The van der Waals surface area contributed by atoms with Gasteiger partial charge < -0.3 is 25.0 Å². The van der Waals surface area contributed by atoms with E-state index in [1.807, 2.05) is 74.5 Å². The van der Waals surface area contributed by atoms with Crippen LogP contribution in [0, 0.1) is 5.92 Å². The Kier molecular flexibility index (Phi) is 13.0. The molecule has 11 heteroatoms. The second kappa shape index (κ2) is 17.8. The predicted octanol–water partition coefficient (Wildman–Crippen LogP) is 5.16. The first-order valence-electron chi connectivity index (χ1n) is 17.4. The van der Waals surface area contributed by atoms with Crippen molar-refractivity contribution in [3.63, 3.8) is 0 Å². The molecule has 1 saturated heterocycles. The molecule has 3 N–H and O–H groups in total. The number of nitrogens with zero attached hydrogens (tertiary/aromatic N) is 4.